The van der Waals surface area contributed by atoms with Crippen LogP contribution in [0.5, 0.6) is 0 Å². The Kier molecular flexibility index (Phi) is 6.56. The molecule has 1 aliphatic carbocycles. The molecule has 0 unspecified atom stereocenters. The maximum Gasteiger partial charge on any atom is 0.269 e. The highest BCUT2D eigenvalue weighted by Crippen LogP contribution is 2.40. The number of hydrazine groups is 1. The molecule has 11 heteroatoms. The van der Waals surface area contributed by atoms with Crippen LogP contribution in [0.2, 0.25) is 0 Å². The Morgan fingerprint density at radius 3 is 2.59 bits per heavy atom. The quantitative estimate of drug-likeness (QED) is 0.415. The Morgan fingerprint density at radius 1 is 1.18 bits per heavy atom. The Balaban J connectivity index is 1.46. The molecule has 34 heavy (non-hydrogen) atoms. The number of fused-ring (bicyclic) bond motifs is 1. The van der Waals surface area contributed by atoms with Gasteiger partial charge in [0.15, 0.2) is 11.5 Å². The number of benzene rings is 1. The molecule has 2 amide bonds. The Hall–Kier alpha value is -3.47. The first-order chi connectivity index (χ1) is 16.2. The lowest BCUT2D eigenvalue weighted by molar-refractivity contribution is -0.126. The predicted octanol–water partition coefficient (Wildman–Crippen LogP) is 2.35. The molecular formula is C23H28N6O4S. The van der Waals surface area contributed by atoms with Crippen molar-refractivity contribution >= 4 is 38.8 Å². The van der Waals surface area contributed by atoms with Crippen LogP contribution < -0.4 is 16.6 Å². The van der Waals surface area contributed by atoms with Gasteiger partial charge in [-0.3, -0.25) is 20.4 Å². The lowest BCUT2D eigenvalue weighted by Crippen LogP contribution is -2.36. The zero-order valence-electron chi connectivity index (χ0n) is 19.1. The summed E-state index contributed by atoms with van der Waals surface area (Å²) in [7, 11) is -3.82. The van der Waals surface area contributed by atoms with Crippen molar-refractivity contribution in [2.45, 2.75) is 44.4 Å². The van der Waals surface area contributed by atoms with Crippen LogP contribution in [0.4, 0.5) is 5.82 Å². The minimum Gasteiger partial charge on any atom is -0.370 e. The molecule has 0 saturated heterocycles. The van der Waals surface area contributed by atoms with Crippen molar-refractivity contribution in [3.05, 3.63) is 48.3 Å². The van der Waals surface area contributed by atoms with Gasteiger partial charge in [-0.2, -0.15) is 0 Å². The molecule has 2 aromatic heterocycles. The number of hydrogen-bond acceptors (Lipinski definition) is 7. The summed E-state index contributed by atoms with van der Waals surface area (Å²) in [6.07, 6.45) is 5.31. The first-order valence-corrected chi connectivity index (χ1v) is 12.6. The van der Waals surface area contributed by atoms with E-state index >= 15 is 0 Å². The molecule has 10 nitrogen and oxygen atoms in total. The fraction of sp³-hybridized carbons (Fsp3) is 0.391. The van der Waals surface area contributed by atoms with Crippen LogP contribution in [0.25, 0.3) is 11.2 Å². The van der Waals surface area contributed by atoms with Crippen molar-refractivity contribution < 1.29 is 18.0 Å². The average molecular weight is 485 g/mol. The van der Waals surface area contributed by atoms with Gasteiger partial charge in [0.05, 0.1) is 11.1 Å². The maximum absolute atomic E-state index is 13.0. The SMILES string of the molecule is CC[C@@H]1C[C@H](CC(N)=O)C[C@@H]1C(=O)NNc1cnc2c(ccn2S(=O)(=O)c2ccc(C)cc2)n1. The van der Waals surface area contributed by atoms with Crippen LogP contribution in [0.1, 0.15) is 38.2 Å². The second-order valence-corrected chi connectivity index (χ2v) is 10.6. The molecule has 1 aromatic carbocycles. The van der Waals surface area contributed by atoms with Gasteiger partial charge in [-0.15, -0.1) is 0 Å². The number of nitrogens with zero attached hydrogens (tertiary/aromatic N) is 3. The molecule has 3 aromatic rings. The summed E-state index contributed by atoms with van der Waals surface area (Å²) >= 11 is 0. The molecule has 1 aliphatic rings. The van der Waals surface area contributed by atoms with Gasteiger partial charge < -0.3 is 5.73 Å². The number of primary amides is 1. The van der Waals surface area contributed by atoms with E-state index in [0.717, 1.165) is 22.4 Å². The van der Waals surface area contributed by atoms with Crippen LogP contribution in [-0.4, -0.2) is 34.2 Å². The fourth-order valence-electron chi connectivity index (χ4n) is 4.65. The number of amides is 2. The number of anilines is 1. The number of rotatable bonds is 8. The van der Waals surface area contributed by atoms with Crippen molar-refractivity contribution in [2.75, 3.05) is 5.43 Å². The van der Waals surface area contributed by atoms with Gasteiger partial charge in [0.2, 0.25) is 11.8 Å². The standard InChI is InChI=1S/C23H28N6O4S/c1-3-16-10-15(12-20(24)30)11-18(16)23(31)28-27-21-13-25-22-19(26-21)8-9-29(22)34(32,33)17-6-4-14(2)5-7-17/h4-9,13,15-16,18H,3,10-12H2,1-2H3,(H2,24,30)(H,26,27)(H,28,31)/t15-,16+,18-/m0/s1. The number of carbonyl (C=O) groups excluding carboxylic acids is 2. The normalized spacial score (nSPS) is 20.4. The highest BCUT2D eigenvalue weighted by atomic mass is 32.2. The number of aromatic nitrogens is 3. The van der Waals surface area contributed by atoms with Gasteiger partial charge in [0.25, 0.3) is 10.0 Å². The Bertz CT molecular complexity index is 1320. The van der Waals surface area contributed by atoms with Crippen molar-refractivity contribution in [1.29, 1.82) is 0 Å². The lowest BCUT2D eigenvalue weighted by Gasteiger charge is -2.17. The topological polar surface area (TPSA) is 149 Å². The molecule has 0 radical (unpaired) electrons. The van der Waals surface area contributed by atoms with E-state index in [1.165, 1.54) is 12.4 Å². The van der Waals surface area contributed by atoms with Crippen LogP contribution in [0.15, 0.2) is 47.6 Å². The minimum atomic E-state index is -3.82. The average Bonchev–Trinajstić information content (AvgIpc) is 3.41. The summed E-state index contributed by atoms with van der Waals surface area (Å²) < 4.78 is 27.1. The van der Waals surface area contributed by atoms with Crippen molar-refractivity contribution in [3.8, 4) is 0 Å². The largest absolute Gasteiger partial charge is 0.370 e. The van der Waals surface area contributed by atoms with Gasteiger partial charge in [-0.1, -0.05) is 31.0 Å². The molecule has 4 rings (SSSR count). The number of nitrogens with two attached hydrogens (primary N) is 1. The fourth-order valence-corrected chi connectivity index (χ4v) is 5.94. The molecule has 180 valence electrons. The van der Waals surface area contributed by atoms with Gasteiger partial charge >= 0.3 is 0 Å². The zero-order chi connectivity index (χ0) is 24.5. The van der Waals surface area contributed by atoms with Crippen LogP contribution in [-0.2, 0) is 19.6 Å². The summed E-state index contributed by atoms with van der Waals surface area (Å²) in [5.41, 5.74) is 12.3. The van der Waals surface area contributed by atoms with E-state index in [9.17, 15) is 18.0 Å². The van der Waals surface area contributed by atoms with Gasteiger partial charge in [0, 0.05) is 18.5 Å². The van der Waals surface area contributed by atoms with Crippen molar-refractivity contribution in [3.63, 3.8) is 0 Å². The van der Waals surface area contributed by atoms with Crippen LogP contribution >= 0.6 is 0 Å². The second-order valence-electron chi connectivity index (χ2n) is 8.79. The summed E-state index contributed by atoms with van der Waals surface area (Å²) in [4.78, 5) is 32.8. The molecule has 1 fully saturated rings. The predicted molar refractivity (Wildman–Crippen MR) is 127 cm³/mol. The van der Waals surface area contributed by atoms with Crippen LogP contribution in [0.3, 0.4) is 0 Å². The Morgan fingerprint density at radius 2 is 1.91 bits per heavy atom. The molecule has 0 spiro atoms. The third kappa shape index (κ3) is 4.74. The van der Waals surface area contributed by atoms with E-state index < -0.39 is 10.0 Å². The number of nitrogens with one attached hydrogen (secondary N) is 2. The van der Waals surface area contributed by atoms with E-state index in [0.29, 0.717) is 18.4 Å². The minimum absolute atomic E-state index is 0.115. The highest BCUT2D eigenvalue weighted by molar-refractivity contribution is 7.90. The summed E-state index contributed by atoms with van der Waals surface area (Å²) in [5.74, 6) is -0.171. The molecule has 0 bridgehead atoms. The lowest BCUT2D eigenvalue weighted by atomic mass is 9.93. The second kappa shape index (κ2) is 9.41. The number of aryl methyl sites for hydroxylation is 1. The van der Waals surface area contributed by atoms with E-state index in [1.54, 1.807) is 30.3 Å². The first-order valence-electron chi connectivity index (χ1n) is 11.2. The van der Waals surface area contributed by atoms with Gasteiger partial charge in [-0.25, -0.2) is 22.4 Å². The zero-order valence-corrected chi connectivity index (χ0v) is 19.9. The third-order valence-electron chi connectivity index (χ3n) is 6.39. The number of carbonyl (C=O) groups is 2. The highest BCUT2D eigenvalue weighted by Gasteiger charge is 2.38. The number of hydrogen-bond donors (Lipinski definition) is 3. The van der Waals surface area contributed by atoms with E-state index in [-0.39, 0.29) is 45.9 Å². The first kappa shape index (κ1) is 23.7. The van der Waals surface area contributed by atoms with E-state index in [2.05, 4.69) is 20.8 Å². The molecule has 4 N–H and O–H groups in total. The monoisotopic (exact) mass is 484 g/mol. The summed E-state index contributed by atoms with van der Waals surface area (Å²) in [6.45, 7) is 3.91. The molecule has 0 aliphatic heterocycles. The van der Waals surface area contributed by atoms with E-state index in [4.69, 9.17) is 5.73 Å². The molecular weight excluding hydrogens is 456 g/mol. The molecule has 2 heterocycles. The summed E-state index contributed by atoms with van der Waals surface area (Å²) in [5, 5.41) is 0. The Labute approximate surface area is 198 Å². The summed E-state index contributed by atoms with van der Waals surface area (Å²) in [6, 6.07) is 8.13. The third-order valence-corrected chi connectivity index (χ3v) is 8.07. The smallest absolute Gasteiger partial charge is 0.269 e. The van der Waals surface area contributed by atoms with Crippen molar-refractivity contribution in [1.82, 2.24) is 19.4 Å². The molecule has 3 atom stereocenters. The van der Waals surface area contributed by atoms with Crippen molar-refractivity contribution in [2.24, 2.45) is 23.5 Å². The van der Waals surface area contributed by atoms with Gasteiger partial charge in [-0.05, 0) is 49.8 Å². The maximum atomic E-state index is 13.0. The molecule has 1 saturated carbocycles. The van der Waals surface area contributed by atoms with Crippen LogP contribution in [0, 0.1) is 24.7 Å². The van der Waals surface area contributed by atoms with E-state index in [1.807, 2.05) is 13.8 Å². The van der Waals surface area contributed by atoms with Gasteiger partial charge in [0.1, 0.15) is 5.52 Å².